The van der Waals surface area contributed by atoms with E-state index in [0.29, 0.717) is 0 Å². The third-order valence-electron chi connectivity index (χ3n) is 1.93. The van der Waals surface area contributed by atoms with E-state index in [0.717, 1.165) is 8.95 Å². The predicted molar refractivity (Wildman–Crippen MR) is 79.4 cm³/mol. The zero-order chi connectivity index (χ0) is 15.1. The van der Waals surface area contributed by atoms with Gasteiger partial charge in [0, 0.05) is 21.3 Å². The van der Waals surface area contributed by atoms with Crippen molar-refractivity contribution in [2.75, 3.05) is 0 Å². The molecule has 0 aliphatic heterocycles. The van der Waals surface area contributed by atoms with Crippen molar-refractivity contribution in [1.82, 2.24) is 9.97 Å². The summed E-state index contributed by atoms with van der Waals surface area (Å²) in [5.41, 5.74) is 5.29. The van der Waals surface area contributed by atoms with E-state index in [4.69, 9.17) is 10.8 Å². The van der Waals surface area contributed by atoms with E-state index in [-0.39, 0.29) is 11.4 Å². The van der Waals surface area contributed by atoms with Crippen LogP contribution in [0.3, 0.4) is 0 Å². The summed E-state index contributed by atoms with van der Waals surface area (Å²) in [4.78, 5) is 28.1. The number of nitrogens with zero attached hydrogens (tertiary/aromatic N) is 2. The second-order valence-electron chi connectivity index (χ2n) is 3.39. The number of aromatic carboxylic acids is 1. The molecular formula is C12H9Br2N3O3. The molecule has 0 bridgehead atoms. The maximum Gasteiger partial charge on any atom is 0.354 e. The number of aromatic nitrogens is 2. The first kappa shape index (κ1) is 16.3. The number of nitrogens with two attached hydrogens (primary N) is 1. The Morgan fingerprint density at radius 3 is 1.70 bits per heavy atom. The monoisotopic (exact) mass is 401 g/mol. The largest absolute Gasteiger partial charge is 0.477 e. The Morgan fingerprint density at radius 2 is 1.40 bits per heavy atom. The summed E-state index contributed by atoms with van der Waals surface area (Å²) >= 11 is 6.32. The Bertz CT molecular complexity index is 545. The van der Waals surface area contributed by atoms with Gasteiger partial charge in [-0.15, -0.1) is 0 Å². The Labute approximate surface area is 131 Å². The van der Waals surface area contributed by atoms with Crippen molar-refractivity contribution in [2.24, 2.45) is 5.73 Å². The van der Waals surface area contributed by atoms with Gasteiger partial charge in [-0.2, -0.15) is 0 Å². The smallest absolute Gasteiger partial charge is 0.354 e. The van der Waals surface area contributed by atoms with Gasteiger partial charge in [-0.3, -0.25) is 4.79 Å². The first-order chi connectivity index (χ1) is 9.40. The van der Waals surface area contributed by atoms with Gasteiger partial charge in [0.25, 0.3) is 5.91 Å². The summed E-state index contributed by atoms with van der Waals surface area (Å²) in [7, 11) is 0. The van der Waals surface area contributed by atoms with Crippen LogP contribution in [0.25, 0.3) is 0 Å². The average Bonchev–Trinajstić information content (AvgIpc) is 2.40. The fourth-order valence-corrected chi connectivity index (χ4v) is 1.49. The molecule has 8 heteroatoms. The summed E-state index contributed by atoms with van der Waals surface area (Å²) in [6.07, 6.45) is 2.98. The van der Waals surface area contributed by atoms with Gasteiger partial charge >= 0.3 is 5.97 Å². The highest BCUT2D eigenvalue weighted by Crippen LogP contribution is 2.07. The van der Waals surface area contributed by atoms with Crippen molar-refractivity contribution in [2.45, 2.75) is 0 Å². The SMILES string of the molecule is NC(=O)c1ccc(Br)cn1.O=C(O)c1ccc(Br)cn1. The zero-order valence-corrected chi connectivity index (χ0v) is 13.1. The number of hydrogen-bond acceptors (Lipinski definition) is 4. The van der Waals surface area contributed by atoms with E-state index in [2.05, 4.69) is 41.8 Å². The van der Waals surface area contributed by atoms with E-state index < -0.39 is 11.9 Å². The van der Waals surface area contributed by atoms with Gasteiger partial charge in [0.2, 0.25) is 0 Å². The molecule has 2 aromatic rings. The number of carbonyl (C=O) groups is 2. The van der Waals surface area contributed by atoms with E-state index >= 15 is 0 Å². The first-order valence-electron chi connectivity index (χ1n) is 5.16. The number of hydrogen-bond donors (Lipinski definition) is 2. The van der Waals surface area contributed by atoms with Crippen molar-refractivity contribution in [3.05, 3.63) is 57.0 Å². The van der Waals surface area contributed by atoms with Crippen LogP contribution in [0, 0.1) is 0 Å². The second kappa shape index (κ2) is 7.71. The molecule has 0 spiro atoms. The van der Waals surface area contributed by atoms with Crippen molar-refractivity contribution >= 4 is 43.7 Å². The van der Waals surface area contributed by atoms with Gasteiger partial charge < -0.3 is 10.8 Å². The van der Waals surface area contributed by atoms with Crippen LogP contribution in [0.5, 0.6) is 0 Å². The molecule has 2 rings (SSSR count). The standard InChI is InChI=1S/C6H5BrN2O.C6H4BrNO2/c7-4-1-2-5(6(8)10)9-3-4;7-4-1-2-5(6(9)10)8-3-4/h1-3H,(H2,8,10);1-3H,(H,9,10). The van der Waals surface area contributed by atoms with Gasteiger partial charge in [0.15, 0.2) is 0 Å². The lowest BCUT2D eigenvalue weighted by Gasteiger charge is -1.91. The zero-order valence-electron chi connectivity index (χ0n) is 9.96. The topological polar surface area (TPSA) is 106 Å². The molecule has 1 amide bonds. The molecule has 0 fully saturated rings. The molecule has 0 saturated heterocycles. The van der Waals surface area contributed by atoms with E-state index in [1.54, 1.807) is 18.2 Å². The number of pyridine rings is 2. The Hall–Kier alpha value is -1.80. The molecule has 2 heterocycles. The number of carboxylic acid groups (broad SMARTS) is 1. The number of primary amides is 1. The lowest BCUT2D eigenvalue weighted by Crippen LogP contribution is -2.12. The molecule has 3 N–H and O–H groups in total. The Kier molecular flexibility index (Phi) is 6.26. The number of rotatable bonds is 2. The lowest BCUT2D eigenvalue weighted by atomic mass is 10.3. The fourth-order valence-electron chi connectivity index (χ4n) is 1.02. The molecule has 2 aromatic heterocycles. The summed E-state index contributed by atoms with van der Waals surface area (Å²) in [5, 5.41) is 8.40. The average molecular weight is 403 g/mol. The Morgan fingerprint density at radius 1 is 0.950 bits per heavy atom. The van der Waals surface area contributed by atoms with Crippen LogP contribution in [0.2, 0.25) is 0 Å². The van der Waals surface area contributed by atoms with Crippen molar-refractivity contribution in [3.63, 3.8) is 0 Å². The van der Waals surface area contributed by atoms with Gasteiger partial charge in [0.1, 0.15) is 11.4 Å². The van der Waals surface area contributed by atoms with Gasteiger partial charge in [-0.25, -0.2) is 14.8 Å². The van der Waals surface area contributed by atoms with Crippen LogP contribution in [0.15, 0.2) is 45.6 Å². The summed E-state index contributed by atoms with van der Waals surface area (Å²) < 4.78 is 1.61. The maximum absolute atomic E-state index is 10.5. The third kappa shape index (κ3) is 5.45. The number of amides is 1. The molecule has 6 nitrogen and oxygen atoms in total. The predicted octanol–water partition coefficient (Wildman–Crippen LogP) is 2.49. The first-order valence-corrected chi connectivity index (χ1v) is 6.75. The molecular weight excluding hydrogens is 394 g/mol. The van der Waals surface area contributed by atoms with E-state index in [9.17, 15) is 9.59 Å². The second-order valence-corrected chi connectivity index (χ2v) is 5.22. The minimum atomic E-state index is -1.01. The quantitative estimate of drug-likeness (QED) is 0.802. The molecule has 0 aliphatic carbocycles. The van der Waals surface area contributed by atoms with Gasteiger partial charge in [0.05, 0.1) is 0 Å². The molecule has 0 aliphatic rings. The maximum atomic E-state index is 10.5. The van der Waals surface area contributed by atoms with Crippen molar-refractivity contribution in [1.29, 1.82) is 0 Å². The highest BCUT2D eigenvalue weighted by Gasteiger charge is 2.01. The van der Waals surface area contributed by atoms with Crippen molar-refractivity contribution < 1.29 is 14.7 Å². The molecule has 0 unspecified atom stereocenters. The molecule has 0 saturated carbocycles. The Balaban J connectivity index is 0.000000200. The van der Waals surface area contributed by atoms with E-state index in [1.165, 1.54) is 18.5 Å². The minimum Gasteiger partial charge on any atom is -0.477 e. The third-order valence-corrected chi connectivity index (χ3v) is 2.86. The summed E-state index contributed by atoms with van der Waals surface area (Å²) in [5.74, 6) is -1.51. The fraction of sp³-hybridized carbons (Fsp3) is 0. The molecule has 104 valence electrons. The van der Waals surface area contributed by atoms with Gasteiger partial charge in [-0.05, 0) is 56.1 Å². The van der Waals surface area contributed by atoms with Crippen LogP contribution in [0.1, 0.15) is 21.0 Å². The number of carbonyl (C=O) groups excluding carboxylic acids is 1. The molecule has 20 heavy (non-hydrogen) atoms. The highest BCUT2D eigenvalue weighted by molar-refractivity contribution is 9.10. The van der Waals surface area contributed by atoms with Crippen LogP contribution in [-0.2, 0) is 0 Å². The molecule has 0 radical (unpaired) electrons. The minimum absolute atomic E-state index is 0.0585. The molecule has 0 aromatic carbocycles. The van der Waals surface area contributed by atoms with Crippen molar-refractivity contribution in [3.8, 4) is 0 Å². The summed E-state index contributed by atoms with van der Waals surface area (Å²) in [6, 6.07) is 6.35. The van der Waals surface area contributed by atoms with Crippen LogP contribution in [0.4, 0.5) is 0 Å². The van der Waals surface area contributed by atoms with Crippen LogP contribution < -0.4 is 5.73 Å². The van der Waals surface area contributed by atoms with E-state index in [1.807, 2.05) is 0 Å². The van der Waals surface area contributed by atoms with Crippen LogP contribution in [-0.4, -0.2) is 27.0 Å². The van der Waals surface area contributed by atoms with Crippen LogP contribution >= 0.6 is 31.9 Å². The number of halogens is 2. The van der Waals surface area contributed by atoms with Gasteiger partial charge in [-0.1, -0.05) is 0 Å². The normalized spacial score (nSPS) is 9.30. The lowest BCUT2D eigenvalue weighted by molar-refractivity contribution is 0.0690. The number of carboxylic acids is 1. The summed E-state index contributed by atoms with van der Waals surface area (Å²) in [6.45, 7) is 0. The highest BCUT2D eigenvalue weighted by atomic mass is 79.9. The molecule has 0 atom stereocenters.